The summed E-state index contributed by atoms with van der Waals surface area (Å²) in [5.74, 6) is 0.745. The number of benzene rings is 1. The van der Waals surface area contributed by atoms with E-state index in [1.165, 1.54) is 0 Å². The second-order valence-electron chi connectivity index (χ2n) is 6.73. The minimum atomic E-state index is -0.258. The van der Waals surface area contributed by atoms with Gasteiger partial charge in [0, 0.05) is 19.0 Å². The van der Waals surface area contributed by atoms with Crippen molar-refractivity contribution in [1.82, 2.24) is 10.1 Å². The molecule has 6 nitrogen and oxygen atoms in total. The molecule has 0 spiro atoms. The molecule has 0 aliphatic carbocycles. The van der Waals surface area contributed by atoms with Crippen molar-refractivity contribution >= 4 is 17.6 Å². The first-order chi connectivity index (χ1) is 13.1. The fraction of sp³-hybridized carbons (Fsp3) is 0.476. The monoisotopic (exact) mass is 371 g/mol. The standard InChI is InChI=1S/C21H29N3O3/c1-3-4-5-9-14-24(16-20(25)22-19-15-17(2)27-23-19)21(26)13-12-18-10-7-6-8-11-18/h6-8,10-11,15H,3-5,9,12-14,16H2,1-2H3,(H,22,23,25). The third-order valence-corrected chi connectivity index (χ3v) is 4.33. The lowest BCUT2D eigenvalue weighted by Gasteiger charge is -2.22. The van der Waals surface area contributed by atoms with E-state index < -0.39 is 0 Å². The van der Waals surface area contributed by atoms with Crippen molar-refractivity contribution in [3.63, 3.8) is 0 Å². The van der Waals surface area contributed by atoms with Gasteiger partial charge in [-0.25, -0.2) is 0 Å². The summed E-state index contributed by atoms with van der Waals surface area (Å²) in [4.78, 5) is 26.7. The van der Waals surface area contributed by atoms with Crippen LogP contribution in [0.4, 0.5) is 5.82 Å². The summed E-state index contributed by atoms with van der Waals surface area (Å²) >= 11 is 0. The maximum atomic E-state index is 12.7. The van der Waals surface area contributed by atoms with Crippen molar-refractivity contribution in [2.75, 3.05) is 18.4 Å². The molecule has 2 aromatic rings. The van der Waals surface area contributed by atoms with Gasteiger partial charge in [0.25, 0.3) is 0 Å². The van der Waals surface area contributed by atoms with E-state index in [1.807, 2.05) is 30.3 Å². The highest BCUT2D eigenvalue weighted by Gasteiger charge is 2.17. The quantitative estimate of drug-likeness (QED) is 0.607. The van der Waals surface area contributed by atoms with Crippen LogP contribution in [0, 0.1) is 6.92 Å². The Morgan fingerprint density at radius 2 is 1.93 bits per heavy atom. The molecule has 1 N–H and O–H groups in total. The molecule has 2 rings (SSSR count). The number of rotatable bonds is 11. The van der Waals surface area contributed by atoms with E-state index in [0.717, 1.165) is 31.2 Å². The molecule has 0 aliphatic rings. The van der Waals surface area contributed by atoms with Gasteiger partial charge in [-0.2, -0.15) is 0 Å². The van der Waals surface area contributed by atoms with E-state index in [2.05, 4.69) is 17.4 Å². The summed E-state index contributed by atoms with van der Waals surface area (Å²) in [5.41, 5.74) is 1.12. The summed E-state index contributed by atoms with van der Waals surface area (Å²) in [6.07, 6.45) is 5.30. The molecule has 2 amide bonds. The van der Waals surface area contributed by atoms with E-state index >= 15 is 0 Å². The van der Waals surface area contributed by atoms with Crippen molar-refractivity contribution < 1.29 is 14.1 Å². The molecule has 0 saturated carbocycles. The van der Waals surface area contributed by atoms with Crippen LogP contribution in [-0.2, 0) is 16.0 Å². The van der Waals surface area contributed by atoms with Crippen LogP contribution in [0.3, 0.4) is 0 Å². The van der Waals surface area contributed by atoms with Gasteiger partial charge in [0.2, 0.25) is 11.8 Å². The average Bonchev–Trinajstić information content (AvgIpc) is 3.07. The lowest BCUT2D eigenvalue weighted by Crippen LogP contribution is -2.38. The zero-order chi connectivity index (χ0) is 19.5. The number of carbonyl (C=O) groups excluding carboxylic acids is 2. The predicted molar refractivity (Wildman–Crippen MR) is 105 cm³/mol. The average molecular weight is 371 g/mol. The summed E-state index contributed by atoms with van der Waals surface area (Å²) in [5, 5.41) is 6.45. The number of aromatic nitrogens is 1. The Morgan fingerprint density at radius 3 is 2.59 bits per heavy atom. The first-order valence-electron chi connectivity index (χ1n) is 9.63. The van der Waals surface area contributed by atoms with Crippen molar-refractivity contribution in [2.24, 2.45) is 0 Å². The first-order valence-corrected chi connectivity index (χ1v) is 9.63. The van der Waals surface area contributed by atoms with E-state index in [4.69, 9.17) is 4.52 Å². The fourth-order valence-corrected chi connectivity index (χ4v) is 2.86. The van der Waals surface area contributed by atoms with Crippen molar-refractivity contribution in [1.29, 1.82) is 0 Å². The SMILES string of the molecule is CCCCCCN(CC(=O)Nc1cc(C)on1)C(=O)CCc1ccccc1. The van der Waals surface area contributed by atoms with Crippen LogP contribution in [0.2, 0.25) is 0 Å². The van der Waals surface area contributed by atoms with Crippen LogP contribution < -0.4 is 5.32 Å². The van der Waals surface area contributed by atoms with Gasteiger partial charge >= 0.3 is 0 Å². The van der Waals surface area contributed by atoms with Gasteiger partial charge in [0.15, 0.2) is 5.82 Å². The molecule has 1 aromatic heterocycles. The molecular weight excluding hydrogens is 342 g/mol. The zero-order valence-electron chi connectivity index (χ0n) is 16.2. The lowest BCUT2D eigenvalue weighted by atomic mass is 10.1. The predicted octanol–water partition coefficient (Wildman–Crippen LogP) is 3.96. The van der Waals surface area contributed by atoms with Gasteiger partial charge in [-0.1, -0.05) is 61.7 Å². The van der Waals surface area contributed by atoms with Gasteiger partial charge in [0.05, 0.1) is 6.54 Å². The summed E-state index contributed by atoms with van der Waals surface area (Å²) in [7, 11) is 0. The van der Waals surface area contributed by atoms with Crippen LogP contribution >= 0.6 is 0 Å². The van der Waals surface area contributed by atoms with Crippen LogP contribution in [0.25, 0.3) is 0 Å². The number of hydrogen-bond donors (Lipinski definition) is 1. The number of anilines is 1. The normalized spacial score (nSPS) is 10.6. The summed E-state index contributed by atoms with van der Waals surface area (Å²) in [6.45, 7) is 4.54. The number of amides is 2. The van der Waals surface area contributed by atoms with Gasteiger partial charge < -0.3 is 14.7 Å². The minimum Gasteiger partial charge on any atom is -0.360 e. The van der Waals surface area contributed by atoms with Crippen LogP contribution in [0.5, 0.6) is 0 Å². The number of aryl methyl sites for hydroxylation is 2. The van der Waals surface area contributed by atoms with Gasteiger partial charge in [-0.05, 0) is 25.3 Å². The molecule has 146 valence electrons. The van der Waals surface area contributed by atoms with Gasteiger partial charge in [-0.3, -0.25) is 9.59 Å². The zero-order valence-corrected chi connectivity index (χ0v) is 16.2. The van der Waals surface area contributed by atoms with E-state index in [1.54, 1.807) is 17.9 Å². The Hall–Kier alpha value is -2.63. The summed E-state index contributed by atoms with van der Waals surface area (Å²) in [6, 6.07) is 11.6. The molecule has 0 fully saturated rings. The van der Waals surface area contributed by atoms with E-state index in [-0.39, 0.29) is 18.4 Å². The smallest absolute Gasteiger partial charge is 0.245 e. The second kappa shape index (κ2) is 11.2. The third-order valence-electron chi connectivity index (χ3n) is 4.33. The Bertz CT molecular complexity index is 712. The topological polar surface area (TPSA) is 75.4 Å². The largest absolute Gasteiger partial charge is 0.360 e. The van der Waals surface area contributed by atoms with Crippen molar-refractivity contribution in [3.8, 4) is 0 Å². The molecule has 27 heavy (non-hydrogen) atoms. The van der Waals surface area contributed by atoms with Crippen LogP contribution in [0.15, 0.2) is 40.9 Å². The highest BCUT2D eigenvalue weighted by Crippen LogP contribution is 2.10. The van der Waals surface area contributed by atoms with Gasteiger partial charge in [-0.15, -0.1) is 0 Å². The third kappa shape index (κ3) is 7.64. The van der Waals surface area contributed by atoms with Crippen LogP contribution in [0.1, 0.15) is 50.4 Å². The Kier molecular flexibility index (Phi) is 8.55. The number of nitrogens with zero attached hydrogens (tertiary/aromatic N) is 2. The molecule has 0 saturated heterocycles. The maximum Gasteiger partial charge on any atom is 0.245 e. The second-order valence-corrected chi connectivity index (χ2v) is 6.73. The number of nitrogens with one attached hydrogen (secondary N) is 1. The molecule has 0 atom stereocenters. The highest BCUT2D eigenvalue weighted by molar-refractivity contribution is 5.93. The van der Waals surface area contributed by atoms with Crippen molar-refractivity contribution in [3.05, 3.63) is 47.7 Å². The van der Waals surface area contributed by atoms with E-state index in [9.17, 15) is 9.59 Å². The number of carbonyl (C=O) groups is 2. The van der Waals surface area contributed by atoms with E-state index in [0.29, 0.717) is 31.0 Å². The first kappa shape index (κ1) is 20.7. The maximum absolute atomic E-state index is 12.7. The minimum absolute atomic E-state index is 0.00170. The molecular formula is C21H29N3O3. The number of hydrogen-bond acceptors (Lipinski definition) is 4. The molecule has 0 radical (unpaired) electrons. The van der Waals surface area contributed by atoms with Gasteiger partial charge in [0.1, 0.15) is 5.76 Å². The molecule has 1 aromatic carbocycles. The van der Waals surface area contributed by atoms with Crippen LogP contribution in [-0.4, -0.2) is 35.0 Å². The number of unbranched alkanes of at least 4 members (excludes halogenated alkanes) is 3. The fourth-order valence-electron chi connectivity index (χ4n) is 2.86. The molecule has 0 unspecified atom stereocenters. The Labute approximate surface area is 160 Å². The van der Waals surface area contributed by atoms with Crippen molar-refractivity contribution in [2.45, 2.75) is 52.4 Å². The molecule has 1 heterocycles. The Balaban J connectivity index is 1.89. The Morgan fingerprint density at radius 1 is 1.15 bits per heavy atom. The summed E-state index contributed by atoms with van der Waals surface area (Å²) < 4.78 is 4.95. The molecule has 0 bridgehead atoms. The lowest BCUT2D eigenvalue weighted by molar-refractivity contribution is -0.134. The molecule has 6 heteroatoms. The highest BCUT2D eigenvalue weighted by atomic mass is 16.5. The molecule has 0 aliphatic heterocycles.